The molecule has 0 fully saturated rings. The molecule has 4 heteroatoms. The summed E-state index contributed by atoms with van der Waals surface area (Å²) in [7, 11) is 1.63. The van der Waals surface area contributed by atoms with Gasteiger partial charge in [-0.3, -0.25) is 0 Å². The van der Waals surface area contributed by atoms with Gasteiger partial charge in [0.2, 0.25) is 0 Å². The highest BCUT2D eigenvalue weighted by Crippen LogP contribution is 2.39. The maximum Gasteiger partial charge on any atom is 0.143 e. The van der Waals surface area contributed by atoms with E-state index in [1.807, 2.05) is 23.9 Å². The van der Waals surface area contributed by atoms with Crippen molar-refractivity contribution in [3.63, 3.8) is 0 Å². The van der Waals surface area contributed by atoms with Crippen molar-refractivity contribution in [1.29, 1.82) is 5.26 Å². The Bertz CT molecular complexity index is 693. The molecule has 1 atom stereocenters. The predicted molar refractivity (Wildman–Crippen MR) is 85.9 cm³/mol. The van der Waals surface area contributed by atoms with Gasteiger partial charge in [-0.25, -0.2) is 0 Å². The van der Waals surface area contributed by atoms with Gasteiger partial charge in [0.1, 0.15) is 5.75 Å². The molecule has 0 amide bonds. The van der Waals surface area contributed by atoms with Crippen LogP contribution in [0.5, 0.6) is 5.75 Å². The molecule has 1 aliphatic heterocycles. The van der Waals surface area contributed by atoms with Crippen LogP contribution in [0.2, 0.25) is 0 Å². The van der Waals surface area contributed by atoms with Gasteiger partial charge in [-0.2, -0.15) is 5.26 Å². The molecule has 0 bridgehead atoms. The zero-order valence-corrected chi connectivity index (χ0v) is 12.6. The molecule has 0 radical (unpaired) electrons. The van der Waals surface area contributed by atoms with E-state index >= 15 is 0 Å². The molecular formula is C17H16N2OS. The van der Waals surface area contributed by atoms with Gasteiger partial charge < -0.3 is 10.1 Å². The van der Waals surface area contributed by atoms with Crippen molar-refractivity contribution in [1.82, 2.24) is 0 Å². The molecule has 0 saturated carbocycles. The summed E-state index contributed by atoms with van der Waals surface area (Å²) in [5, 5.41) is 12.5. The Hall–Kier alpha value is -2.12. The van der Waals surface area contributed by atoms with Gasteiger partial charge in [0.15, 0.2) is 0 Å². The van der Waals surface area contributed by atoms with Crippen LogP contribution in [-0.4, -0.2) is 12.9 Å². The van der Waals surface area contributed by atoms with Gasteiger partial charge in [-0.15, -0.1) is 11.8 Å². The van der Waals surface area contributed by atoms with E-state index in [0.29, 0.717) is 11.3 Å². The SMILES string of the molecule is COc1cc(C#N)ccc1NC1CCSc2ccccc21. The molecule has 21 heavy (non-hydrogen) atoms. The van der Waals surface area contributed by atoms with E-state index < -0.39 is 0 Å². The average Bonchev–Trinajstić information content (AvgIpc) is 2.55. The van der Waals surface area contributed by atoms with Gasteiger partial charge in [0.05, 0.1) is 30.5 Å². The number of rotatable bonds is 3. The van der Waals surface area contributed by atoms with Crippen molar-refractivity contribution < 1.29 is 4.74 Å². The maximum absolute atomic E-state index is 8.97. The third-order valence-electron chi connectivity index (χ3n) is 3.62. The fourth-order valence-corrected chi connectivity index (χ4v) is 3.68. The van der Waals surface area contributed by atoms with Crippen LogP contribution < -0.4 is 10.1 Å². The summed E-state index contributed by atoms with van der Waals surface area (Å²) in [6, 6.07) is 16.4. The number of anilines is 1. The zero-order valence-electron chi connectivity index (χ0n) is 11.8. The molecule has 0 spiro atoms. The minimum absolute atomic E-state index is 0.282. The van der Waals surface area contributed by atoms with Gasteiger partial charge in [-0.1, -0.05) is 18.2 Å². The van der Waals surface area contributed by atoms with Crippen molar-refractivity contribution in [2.75, 3.05) is 18.2 Å². The van der Waals surface area contributed by atoms with Crippen LogP contribution in [0.15, 0.2) is 47.4 Å². The average molecular weight is 296 g/mol. The first-order valence-corrected chi connectivity index (χ1v) is 7.87. The molecule has 2 aromatic rings. The van der Waals surface area contributed by atoms with Crippen LogP contribution in [-0.2, 0) is 0 Å². The van der Waals surface area contributed by atoms with Crippen molar-refractivity contribution in [2.24, 2.45) is 0 Å². The second-order valence-corrected chi connectivity index (χ2v) is 6.04. The molecule has 3 nitrogen and oxygen atoms in total. The lowest BCUT2D eigenvalue weighted by Gasteiger charge is -2.27. The van der Waals surface area contributed by atoms with Crippen molar-refractivity contribution >= 4 is 17.4 Å². The van der Waals surface area contributed by atoms with E-state index in [9.17, 15) is 0 Å². The number of hydrogen-bond donors (Lipinski definition) is 1. The molecular weight excluding hydrogens is 280 g/mol. The summed E-state index contributed by atoms with van der Waals surface area (Å²) in [5.74, 6) is 1.82. The Kier molecular flexibility index (Phi) is 4.03. The minimum atomic E-state index is 0.282. The Morgan fingerprint density at radius 3 is 2.95 bits per heavy atom. The van der Waals surface area contributed by atoms with E-state index in [0.717, 1.165) is 17.9 Å². The summed E-state index contributed by atoms with van der Waals surface area (Å²) >= 11 is 1.90. The van der Waals surface area contributed by atoms with E-state index in [1.165, 1.54) is 10.5 Å². The zero-order chi connectivity index (χ0) is 14.7. The molecule has 1 N–H and O–H groups in total. The third-order valence-corrected chi connectivity index (χ3v) is 4.74. The summed E-state index contributed by atoms with van der Waals surface area (Å²) in [5.41, 5.74) is 2.88. The Balaban J connectivity index is 1.90. The number of nitrogens with zero attached hydrogens (tertiary/aromatic N) is 1. The fraction of sp³-hybridized carbons (Fsp3) is 0.235. The standard InChI is InChI=1S/C17H16N2OS/c1-20-16-10-12(11-18)6-7-15(16)19-14-8-9-21-17-5-3-2-4-13(14)17/h2-7,10,14,19H,8-9H2,1H3. The predicted octanol–water partition coefficient (Wildman–Crippen LogP) is 4.22. The molecule has 1 aliphatic rings. The van der Waals surface area contributed by atoms with Gasteiger partial charge in [0.25, 0.3) is 0 Å². The van der Waals surface area contributed by atoms with Crippen LogP contribution in [0, 0.1) is 11.3 Å². The summed E-state index contributed by atoms with van der Waals surface area (Å²) in [4.78, 5) is 1.34. The number of fused-ring (bicyclic) bond motifs is 1. The van der Waals surface area contributed by atoms with Crippen molar-refractivity contribution in [2.45, 2.75) is 17.4 Å². The molecule has 0 saturated heterocycles. The number of nitriles is 1. The molecule has 2 aromatic carbocycles. The number of nitrogens with one attached hydrogen (secondary N) is 1. The first-order valence-electron chi connectivity index (χ1n) is 6.88. The minimum Gasteiger partial charge on any atom is -0.495 e. The van der Waals surface area contributed by atoms with E-state index in [2.05, 4.69) is 35.7 Å². The molecule has 0 aliphatic carbocycles. The topological polar surface area (TPSA) is 45.0 Å². The number of hydrogen-bond acceptors (Lipinski definition) is 4. The number of thioether (sulfide) groups is 1. The lowest BCUT2D eigenvalue weighted by atomic mass is 10.0. The van der Waals surface area contributed by atoms with Crippen molar-refractivity contribution in [3.8, 4) is 11.8 Å². The molecule has 1 unspecified atom stereocenters. The first-order chi connectivity index (χ1) is 10.3. The molecule has 1 heterocycles. The maximum atomic E-state index is 8.97. The Labute approximate surface area is 128 Å². The van der Waals surface area contributed by atoms with Crippen LogP contribution in [0.25, 0.3) is 0 Å². The quantitative estimate of drug-likeness (QED) is 0.921. The van der Waals surface area contributed by atoms with Crippen LogP contribution in [0.1, 0.15) is 23.6 Å². The van der Waals surface area contributed by atoms with Gasteiger partial charge in [0, 0.05) is 16.7 Å². The van der Waals surface area contributed by atoms with E-state index in [4.69, 9.17) is 10.00 Å². The number of ether oxygens (including phenoxy) is 1. The monoisotopic (exact) mass is 296 g/mol. The molecule has 0 aromatic heterocycles. The Morgan fingerprint density at radius 2 is 2.14 bits per heavy atom. The highest BCUT2D eigenvalue weighted by Gasteiger charge is 2.21. The number of benzene rings is 2. The highest BCUT2D eigenvalue weighted by molar-refractivity contribution is 7.99. The smallest absolute Gasteiger partial charge is 0.143 e. The number of methoxy groups -OCH3 is 1. The van der Waals surface area contributed by atoms with Gasteiger partial charge in [-0.05, 0) is 30.2 Å². The largest absolute Gasteiger partial charge is 0.495 e. The Morgan fingerprint density at radius 1 is 1.29 bits per heavy atom. The van der Waals surface area contributed by atoms with Crippen LogP contribution in [0.3, 0.4) is 0 Å². The van der Waals surface area contributed by atoms with Crippen LogP contribution >= 0.6 is 11.8 Å². The van der Waals surface area contributed by atoms with E-state index in [-0.39, 0.29) is 6.04 Å². The second-order valence-electron chi connectivity index (χ2n) is 4.90. The second kappa shape index (κ2) is 6.11. The first kappa shape index (κ1) is 13.8. The van der Waals surface area contributed by atoms with Crippen molar-refractivity contribution in [3.05, 3.63) is 53.6 Å². The highest BCUT2D eigenvalue weighted by atomic mass is 32.2. The summed E-state index contributed by atoms with van der Waals surface area (Å²) < 4.78 is 5.40. The summed E-state index contributed by atoms with van der Waals surface area (Å²) in [6.07, 6.45) is 1.07. The van der Waals surface area contributed by atoms with E-state index in [1.54, 1.807) is 13.2 Å². The lowest BCUT2D eigenvalue weighted by molar-refractivity contribution is 0.415. The summed E-state index contributed by atoms with van der Waals surface area (Å²) in [6.45, 7) is 0. The van der Waals surface area contributed by atoms with Crippen LogP contribution in [0.4, 0.5) is 5.69 Å². The van der Waals surface area contributed by atoms with Gasteiger partial charge >= 0.3 is 0 Å². The normalized spacial score (nSPS) is 16.7. The third kappa shape index (κ3) is 2.84. The lowest BCUT2D eigenvalue weighted by Crippen LogP contribution is -2.16. The molecule has 106 valence electrons. The fourth-order valence-electron chi connectivity index (χ4n) is 2.56. The molecule has 3 rings (SSSR count).